The van der Waals surface area contributed by atoms with Gasteiger partial charge in [-0.15, -0.1) is 0 Å². The van der Waals surface area contributed by atoms with Crippen LogP contribution in [0.2, 0.25) is 0 Å². The Hall–Kier alpha value is -3.29. The average Bonchev–Trinajstić information content (AvgIpc) is 3.31. The lowest BCUT2D eigenvalue weighted by molar-refractivity contribution is -0.137. The molecule has 0 saturated heterocycles. The van der Waals surface area contributed by atoms with Crippen molar-refractivity contribution in [3.05, 3.63) is 59.9 Å². The summed E-state index contributed by atoms with van der Waals surface area (Å²) in [7, 11) is 0. The van der Waals surface area contributed by atoms with Crippen LogP contribution in [0.5, 0.6) is 0 Å². The molecule has 148 valence electrons. The predicted octanol–water partition coefficient (Wildman–Crippen LogP) is 5.20. The van der Waals surface area contributed by atoms with Gasteiger partial charge in [-0.05, 0) is 43.0 Å². The van der Waals surface area contributed by atoms with Gasteiger partial charge >= 0.3 is 6.18 Å². The number of rotatable bonds is 4. The van der Waals surface area contributed by atoms with E-state index < -0.39 is 17.6 Å². The third-order valence-corrected chi connectivity index (χ3v) is 5.26. The first-order valence-corrected chi connectivity index (χ1v) is 9.35. The minimum atomic E-state index is -4.45. The van der Waals surface area contributed by atoms with Crippen LogP contribution in [-0.4, -0.2) is 20.7 Å². The molecule has 5 nitrogen and oxygen atoms in total. The molecule has 5 rings (SSSR count). The van der Waals surface area contributed by atoms with E-state index in [1.54, 1.807) is 6.20 Å². The topological polar surface area (TPSA) is 62.7 Å². The normalized spacial score (nSPS) is 14.6. The van der Waals surface area contributed by atoms with Crippen molar-refractivity contribution in [3.8, 4) is 0 Å². The molecule has 0 unspecified atom stereocenters. The Kier molecular flexibility index (Phi) is 3.90. The summed E-state index contributed by atoms with van der Waals surface area (Å²) in [6.07, 6.45) is -0.711. The monoisotopic (exact) mass is 398 g/mol. The molecule has 0 aliphatic heterocycles. The first kappa shape index (κ1) is 17.8. The number of carbonyl (C=O) groups is 1. The largest absolute Gasteiger partial charge is 0.416 e. The van der Waals surface area contributed by atoms with E-state index in [2.05, 4.69) is 15.4 Å². The maximum absolute atomic E-state index is 13.2. The molecule has 29 heavy (non-hydrogen) atoms. The summed E-state index contributed by atoms with van der Waals surface area (Å²) in [5.41, 5.74) is 1.19. The summed E-state index contributed by atoms with van der Waals surface area (Å²) in [4.78, 5) is 16.0. The molecule has 1 fully saturated rings. The molecule has 4 aromatic rings. The number of H-pyrrole nitrogens is 1. The van der Waals surface area contributed by atoms with Crippen molar-refractivity contribution in [1.29, 1.82) is 0 Å². The zero-order chi connectivity index (χ0) is 20.2. The van der Waals surface area contributed by atoms with Crippen molar-refractivity contribution in [3.63, 3.8) is 0 Å². The predicted molar refractivity (Wildman–Crippen MR) is 104 cm³/mol. The molecular weight excluding hydrogens is 381 g/mol. The van der Waals surface area contributed by atoms with Crippen LogP contribution in [0.4, 0.5) is 18.9 Å². The Labute approximate surface area is 163 Å². The average molecular weight is 398 g/mol. The van der Waals surface area contributed by atoms with Crippen molar-refractivity contribution in [2.24, 2.45) is 5.92 Å². The van der Waals surface area contributed by atoms with Crippen LogP contribution in [0, 0.1) is 5.92 Å². The van der Waals surface area contributed by atoms with Gasteiger partial charge in [0.15, 0.2) is 5.69 Å². The van der Waals surface area contributed by atoms with Gasteiger partial charge in [0.05, 0.1) is 16.8 Å². The van der Waals surface area contributed by atoms with Crippen molar-refractivity contribution >= 4 is 33.4 Å². The summed E-state index contributed by atoms with van der Waals surface area (Å²) in [6.45, 7) is 0.512. The minimum absolute atomic E-state index is 0.125. The highest BCUT2D eigenvalue weighted by atomic mass is 19.4. The summed E-state index contributed by atoms with van der Waals surface area (Å²) in [6, 6.07) is 10.9. The minimum Gasteiger partial charge on any atom is -0.359 e. The van der Waals surface area contributed by atoms with Crippen LogP contribution in [0.3, 0.4) is 0 Å². The fourth-order valence-electron chi connectivity index (χ4n) is 3.56. The van der Waals surface area contributed by atoms with E-state index in [1.807, 2.05) is 24.3 Å². The van der Waals surface area contributed by atoms with Gasteiger partial charge in [-0.1, -0.05) is 18.2 Å². The summed E-state index contributed by atoms with van der Waals surface area (Å²) in [5, 5.41) is 8.47. The lowest BCUT2D eigenvalue weighted by Gasteiger charge is -2.07. The van der Waals surface area contributed by atoms with Gasteiger partial charge < -0.3 is 10.3 Å². The number of anilines is 1. The molecule has 8 heteroatoms. The number of carbonyl (C=O) groups excluding carboxylic acids is 1. The van der Waals surface area contributed by atoms with E-state index in [0.29, 0.717) is 29.1 Å². The molecule has 1 saturated carbocycles. The molecule has 1 aliphatic rings. The Morgan fingerprint density at radius 1 is 1.17 bits per heavy atom. The number of para-hydroxylation sites is 1. The van der Waals surface area contributed by atoms with Crippen LogP contribution < -0.4 is 5.32 Å². The maximum atomic E-state index is 13.2. The third-order valence-electron chi connectivity index (χ3n) is 5.26. The smallest absolute Gasteiger partial charge is 0.359 e. The van der Waals surface area contributed by atoms with Gasteiger partial charge in [-0.25, -0.2) is 0 Å². The van der Waals surface area contributed by atoms with E-state index in [4.69, 9.17) is 0 Å². The number of alkyl halides is 3. The number of fused-ring (bicyclic) bond motifs is 2. The fraction of sp³-hybridized carbons (Fsp3) is 0.238. The highest BCUT2D eigenvalue weighted by Crippen LogP contribution is 2.35. The summed E-state index contributed by atoms with van der Waals surface area (Å²) in [5.74, 6) is -0.0498. The van der Waals surface area contributed by atoms with Gasteiger partial charge in [0.1, 0.15) is 0 Å². The van der Waals surface area contributed by atoms with Crippen LogP contribution in [0.1, 0.15) is 28.9 Å². The van der Waals surface area contributed by atoms with E-state index >= 15 is 0 Å². The van der Waals surface area contributed by atoms with Crippen molar-refractivity contribution < 1.29 is 18.0 Å². The zero-order valence-electron chi connectivity index (χ0n) is 15.3. The van der Waals surface area contributed by atoms with Gasteiger partial charge in [0.2, 0.25) is 0 Å². The molecular formula is C21H17F3N4O. The second-order valence-electron chi connectivity index (χ2n) is 7.41. The maximum Gasteiger partial charge on any atom is 0.416 e. The van der Waals surface area contributed by atoms with E-state index in [-0.39, 0.29) is 5.69 Å². The number of nitrogens with one attached hydrogen (secondary N) is 2. The molecule has 0 spiro atoms. The highest BCUT2D eigenvalue weighted by Gasteiger charge is 2.32. The first-order valence-electron chi connectivity index (χ1n) is 9.35. The SMILES string of the molecule is O=C(Nc1c[nH]c2ccccc12)c1nn(CC2CC2)c2cc(C(F)(F)F)ccc12. The number of aromatic amines is 1. The standard InChI is InChI=1S/C21H17F3N4O/c22-21(23,24)13-7-8-15-18(9-13)28(11-12-5-6-12)27-19(15)20(29)26-17-10-25-16-4-2-1-3-14(16)17/h1-4,7-10,12,25H,5-6,11H2,(H,26,29). The second kappa shape index (κ2) is 6.37. The number of benzene rings is 2. The number of halogens is 3. The quantitative estimate of drug-likeness (QED) is 0.496. The Bertz CT molecular complexity index is 1230. The number of hydrogen-bond donors (Lipinski definition) is 2. The van der Waals surface area contributed by atoms with E-state index in [9.17, 15) is 18.0 Å². The fourth-order valence-corrected chi connectivity index (χ4v) is 3.56. The van der Waals surface area contributed by atoms with Crippen LogP contribution in [0.15, 0.2) is 48.7 Å². The number of aromatic nitrogens is 3. The van der Waals surface area contributed by atoms with Crippen molar-refractivity contribution in [2.75, 3.05) is 5.32 Å². The Morgan fingerprint density at radius 2 is 1.97 bits per heavy atom. The molecule has 2 heterocycles. The second-order valence-corrected chi connectivity index (χ2v) is 7.41. The zero-order valence-corrected chi connectivity index (χ0v) is 15.3. The van der Waals surface area contributed by atoms with Crippen LogP contribution in [0.25, 0.3) is 21.8 Å². The van der Waals surface area contributed by atoms with Crippen LogP contribution in [-0.2, 0) is 12.7 Å². The summed E-state index contributed by atoms with van der Waals surface area (Å²) < 4.78 is 41.1. The molecule has 2 aromatic heterocycles. The van der Waals surface area contributed by atoms with Gasteiger partial charge in [0.25, 0.3) is 5.91 Å². The van der Waals surface area contributed by atoms with Gasteiger partial charge in [-0.2, -0.15) is 18.3 Å². The Morgan fingerprint density at radius 3 is 2.72 bits per heavy atom. The molecule has 1 amide bonds. The van der Waals surface area contributed by atoms with Crippen LogP contribution >= 0.6 is 0 Å². The molecule has 0 atom stereocenters. The molecule has 2 aromatic carbocycles. The number of amides is 1. The molecule has 1 aliphatic carbocycles. The van der Waals surface area contributed by atoms with Gasteiger partial charge in [-0.3, -0.25) is 9.48 Å². The van der Waals surface area contributed by atoms with Crippen molar-refractivity contribution in [2.45, 2.75) is 25.6 Å². The van der Waals surface area contributed by atoms with E-state index in [0.717, 1.165) is 35.9 Å². The van der Waals surface area contributed by atoms with E-state index in [1.165, 1.54) is 10.7 Å². The van der Waals surface area contributed by atoms with Gasteiger partial charge in [0, 0.05) is 29.0 Å². The van der Waals surface area contributed by atoms with Crippen molar-refractivity contribution in [1.82, 2.24) is 14.8 Å². The number of nitrogens with zero attached hydrogens (tertiary/aromatic N) is 2. The molecule has 0 bridgehead atoms. The lowest BCUT2D eigenvalue weighted by Crippen LogP contribution is -2.13. The molecule has 2 N–H and O–H groups in total. The lowest BCUT2D eigenvalue weighted by atomic mass is 10.1. The Balaban J connectivity index is 1.55. The summed E-state index contributed by atoms with van der Waals surface area (Å²) >= 11 is 0. The number of hydrogen-bond acceptors (Lipinski definition) is 2. The first-order chi connectivity index (χ1) is 13.9. The third kappa shape index (κ3) is 3.24. The molecule has 0 radical (unpaired) electrons. The highest BCUT2D eigenvalue weighted by molar-refractivity contribution is 6.13.